The fourth-order valence-electron chi connectivity index (χ4n) is 2.27. The number of aromatic amines is 1. The van der Waals surface area contributed by atoms with E-state index in [1.807, 2.05) is 43.3 Å². The van der Waals surface area contributed by atoms with E-state index >= 15 is 0 Å². The van der Waals surface area contributed by atoms with Gasteiger partial charge in [0.1, 0.15) is 0 Å². The molecule has 2 aromatic rings. The van der Waals surface area contributed by atoms with Gasteiger partial charge in [-0.2, -0.15) is 16.9 Å². The molecule has 4 nitrogen and oxygen atoms in total. The van der Waals surface area contributed by atoms with Gasteiger partial charge in [0.05, 0.1) is 10.9 Å². The van der Waals surface area contributed by atoms with Crippen LogP contribution in [-0.4, -0.2) is 46.1 Å². The Kier molecular flexibility index (Phi) is 6.07. The van der Waals surface area contributed by atoms with Gasteiger partial charge in [0.2, 0.25) is 5.91 Å². The second-order valence-electron chi connectivity index (χ2n) is 5.39. The van der Waals surface area contributed by atoms with Crippen LogP contribution in [0.25, 0.3) is 11.3 Å². The van der Waals surface area contributed by atoms with E-state index in [4.69, 9.17) is 0 Å². The summed E-state index contributed by atoms with van der Waals surface area (Å²) in [6, 6.07) is 12.2. The largest absolute Gasteiger partial charge is 0.345 e. The van der Waals surface area contributed by atoms with E-state index in [0.717, 1.165) is 36.3 Å². The lowest BCUT2D eigenvalue weighted by Crippen LogP contribution is -2.34. The van der Waals surface area contributed by atoms with Crippen molar-refractivity contribution < 1.29 is 4.79 Å². The molecule has 0 fully saturated rings. The van der Waals surface area contributed by atoms with Crippen LogP contribution in [-0.2, 0) is 11.2 Å². The van der Waals surface area contributed by atoms with Crippen molar-refractivity contribution in [3.05, 3.63) is 42.1 Å². The fraction of sp³-hybridized carbons (Fsp3) is 0.412. The van der Waals surface area contributed by atoms with Gasteiger partial charge < -0.3 is 4.90 Å². The second kappa shape index (κ2) is 8.03. The van der Waals surface area contributed by atoms with Gasteiger partial charge in [-0.15, -0.1) is 0 Å². The molecular weight excluding hydrogens is 294 g/mol. The van der Waals surface area contributed by atoms with Crippen LogP contribution >= 0.6 is 11.8 Å². The number of aryl methyl sites for hydroxylation is 1. The topological polar surface area (TPSA) is 49.0 Å². The molecule has 1 atom stereocenters. The standard InChI is InChI=1S/C17H23N3OS/c1-13(22-3)17(21)20(2)11-7-10-15-12-16(19-18-15)14-8-5-4-6-9-14/h4-6,8-9,12-13H,7,10-11H2,1-3H3,(H,18,19)/t13-/m0/s1. The van der Waals surface area contributed by atoms with Crippen molar-refractivity contribution in [2.75, 3.05) is 19.8 Å². The Labute approximate surface area is 136 Å². The van der Waals surface area contributed by atoms with Gasteiger partial charge in [0.25, 0.3) is 0 Å². The molecule has 0 saturated heterocycles. The molecule has 1 aromatic carbocycles. The number of amides is 1. The maximum absolute atomic E-state index is 12.0. The molecule has 1 heterocycles. The minimum atomic E-state index is 0.0295. The Morgan fingerprint density at radius 3 is 2.77 bits per heavy atom. The summed E-state index contributed by atoms with van der Waals surface area (Å²) in [5.74, 6) is 0.196. The van der Waals surface area contributed by atoms with Gasteiger partial charge in [-0.3, -0.25) is 9.89 Å². The smallest absolute Gasteiger partial charge is 0.235 e. The third-order valence-electron chi connectivity index (χ3n) is 3.72. The third-order valence-corrected chi connectivity index (χ3v) is 4.63. The van der Waals surface area contributed by atoms with Crippen LogP contribution in [0.15, 0.2) is 36.4 Å². The zero-order chi connectivity index (χ0) is 15.9. The van der Waals surface area contributed by atoms with Crippen LogP contribution in [0.1, 0.15) is 19.0 Å². The summed E-state index contributed by atoms with van der Waals surface area (Å²) in [4.78, 5) is 13.8. The lowest BCUT2D eigenvalue weighted by molar-refractivity contribution is -0.129. The van der Waals surface area contributed by atoms with Crippen LogP contribution < -0.4 is 0 Å². The van der Waals surface area contributed by atoms with Crippen LogP contribution in [0.5, 0.6) is 0 Å². The van der Waals surface area contributed by atoms with Gasteiger partial charge in [0, 0.05) is 24.8 Å². The highest BCUT2D eigenvalue weighted by Gasteiger charge is 2.15. The molecule has 0 aliphatic heterocycles. The molecular formula is C17H23N3OS. The lowest BCUT2D eigenvalue weighted by Gasteiger charge is -2.20. The molecule has 0 saturated carbocycles. The molecule has 1 amide bonds. The highest BCUT2D eigenvalue weighted by Crippen LogP contribution is 2.17. The Balaban J connectivity index is 1.83. The molecule has 1 N–H and O–H groups in total. The molecule has 2 rings (SSSR count). The monoisotopic (exact) mass is 317 g/mol. The van der Waals surface area contributed by atoms with Gasteiger partial charge in [-0.25, -0.2) is 0 Å². The highest BCUT2D eigenvalue weighted by molar-refractivity contribution is 7.99. The Hall–Kier alpha value is -1.75. The van der Waals surface area contributed by atoms with Gasteiger partial charge >= 0.3 is 0 Å². The number of thioether (sulfide) groups is 1. The average molecular weight is 317 g/mol. The molecule has 22 heavy (non-hydrogen) atoms. The Morgan fingerprint density at radius 2 is 2.09 bits per heavy atom. The van der Waals surface area contributed by atoms with Gasteiger partial charge in [-0.05, 0) is 32.1 Å². The summed E-state index contributed by atoms with van der Waals surface area (Å²) in [5, 5.41) is 7.46. The molecule has 0 spiro atoms. The molecule has 1 aromatic heterocycles. The van der Waals surface area contributed by atoms with Crippen molar-refractivity contribution in [3.63, 3.8) is 0 Å². The molecule has 0 aliphatic carbocycles. The molecule has 0 aliphatic rings. The van der Waals surface area contributed by atoms with Crippen molar-refractivity contribution in [2.24, 2.45) is 0 Å². The van der Waals surface area contributed by atoms with E-state index in [1.165, 1.54) is 0 Å². The average Bonchev–Trinajstić information content (AvgIpc) is 3.03. The van der Waals surface area contributed by atoms with Crippen molar-refractivity contribution in [1.82, 2.24) is 15.1 Å². The van der Waals surface area contributed by atoms with E-state index < -0.39 is 0 Å². The second-order valence-corrected chi connectivity index (χ2v) is 6.56. The summed E-state index contributed by atoms with van der Waals surface area (Å²) < 4.78 is 0. The molecule has 0 unspecified atom stereocenters. The molecule has 0 bridgehead atoms. The summed E-state index contributed by atoms with van der Waals surface area (Å²) >= 11 is 1.58. The van der Waals surface area contributed by atoms with Gasteiger partial charge in [0.15, 0.2) is 0 Å². The first-order chi connectivity index (χ1) is 10.6. The summed E-state index contributed by atoms with van der Waals surface area (Å²) in [6.07, 6.45) is 3.79. The molecule has 118 valence electrons. The number of carbonyl (C=O) groups is 1. The predicted molar refractivity (Wildman–Crippen MR) is 93.0 cm³/mol. The van der Waals surface area contributed by atoms with Crippen LogP contribution in [0, 0.1) is 0 Å². The van der Waals surface area contributed by atoms with E-state index in [0.29, 0.717) is 0 Å². The fourth-order valence-corrected chi connectivity index (χ4v) is 2.66. The number of carbonyl (C=O) groups excluding carboxylic acids is 1. The number of rotatable bonds is 7. The molecule has 5 heteroatoms. The predicted octanol–water partition coefficient (Wildman–Crippen LogP) is 3.22. The summed E-state index contributed by atoms with van der Waals surface area (Å²) in [6.45, 7) is 2.72. The third kappa shape index (κ3) is 4.37. The van der Waals surface area contributed by atoms with Crippen LogP contribution in [0.2, 0.25) is 0 Å². The number of nitrogens with zero attached hydrogens (tertiary/aromatic N) is 2. The van der Waals surface area contributed by atoms with E-state index in [1.54, 1.807) is 11.8 Å². The quantitative estimate of drug-likeness (QED) is 0.853. The van der Waals surface area contributed by atoms with Gasteiger partial charge in [-0.1, -0.05) is 30.3 Å². The van der Waals surface area contributed by atoms with Crippen molar-refractivity contribution in [1.29, 1.82) is 0 Å². The van der Waals surface area contributed by atoms with Crippen LogP contribution in [0.4, 0.5) is 0 Å². The number of hydrogen-bond donors (Lipinski definition) is 1. The first-order valence-corrected chi connectivity index (χ1v) is 8.78. The normalized spacial score (nSPS) is 12.1. The number of nitrogens with one attached hydrogen (secondary N) is 1. The first kappa shape index (κ1) is 16.6. The highest BCUT2D eigenvalue weighted by atomic mass is 32.2. The number of hydrogen-bond acceptors (Lipinski definition) is 3. The Morgan fingerprint density at radius 1 is 1.36 bits per heavy atom. The van der Waals surface area contributed by atoms with Crippen molar-refractivity contribution in [3.8, 4) is 11.3 Å². The minimum Gasteiger partial charge on any atom is -0.345 e. The van der Waals surface area contributed by atoms with Crippen molar-refractivity contribution >= 4 is 17.7 Å². The SMILES string of the molecule is CS[C@@H](C)C(=O)N(C)CCCc1cc(-c2ccccc2)n[nH]1. The van der Waals surface area contributed by atoms with E-state index in [9.17, 15) is 4.79 Å². The summed E-state index contributed by atoms with van der Waals surface area (Å²) in [7, 11) is 1.87. The number of aromatic nitrogens is 2. The number of benzene rings is 1. The zero-order valence-electron chi connectivity index (χ0n) is 13.4. The van der Waals surface area contributed by atoms with Crippen LogP contribution in [0.3, 0.4) is 0 Å². The zero-order valence-corrected chi connectivity index (χ0v) is 14.2. The lowest BCUT2D eigenvalue weighted by atomic mass is 10.1. The van der Waals surface area contributed by atoms with E-state index in [-0.39, 0.29) is 11.2 Å². The maximum atomic E-state index is 12.0. The minimum absolute atomic E-state index is 0.0295. The number of H-pyrrole nitrogens is 1. The Bertz CT molecular complexity index is 597. The van der Waals surface area contributed by atoms with Crippen molar-refractivity contribution in [2.45, 2.75) is 25.0 Å². The first-order valence-electron chi connectivity index (χ1n) is 7.49. The molecule has 0 radical (unpaired) electrons. The van der Waals surface area contributed by atoms with E-state index in [2.05, 4.69) is 28.4 Å². The maximum Gasteiger partial charge on any atom is 0.235 e. The summed E-state index contributed by atoms with van der Waals surface area (Å²) in [5.41, 5.74) is 3.19.